The zero-order valence-electron chi connectivity index (χ0n) is 12.6. The summed E-state index contributed by atoms with van der Waals surface area (Å²) in [4.78, 5) is 12.1. The minimum Gasteiger partial charge on any atom is -0.267 e. The van der Waals surface area contributed by atoms with Crippen LogP contribution in [0.25, 0.3) is 11.1 Å². The van der Waals surface area contributed by atoms with Crippen molar-refractivity contribution in [3.63, 3.8) is 0 Å². The Bertz CT molecular complexity index is 652. The summed E-state index contributed by atoms with van der Waals surface area (Å²) in [5, 5.41) is 4.26. The molecule has 1 fully saturated rings. The van der Waals surface area contributed by atoms with E-state index in [-0.39, 0.29) is 5.91 Å². The minimum atomic E-state index is -0.141. The molecule has 3 rings (SSSR count). The summed E-state index contributed by atoms with van der Waals surface area (Å²) in [6, 6.07) is 17.8. The fraction of sp³-hybridized carbons (Fsp3) is 0.263. The van der Waals surface area contributed by atoms with E-state index in [2.05, 4.69) is 22.7 Å². The summed E-state index contributed by atoms with van der Waals surface area (Å²) in [7, 11) is 0. The highest BCUT2D eigenvalue weighted by molar-refractivity contribution is 5.96. The van der Waals surface area contributed by atoms with Crippen molar-refractivity contribution in [3.05, 3.63) is 60.2 Å². The van der Waals surface area contributed by atoms with Gasteiger partial charge in [-0.05, 0) is 48.9 Å². The van der Waals surface area contributed by atoms with Crippen molar-refractivity contribution in [1.29, 1.82) is 0 Å². The lowest BCUT2D eigenvalue weighted by Gasteiger charge is -2.12. The highest BCUT2D eigenvalue weighted by Gasteiger charge is 2.09. The second-order valence-electron chi connectivity index (χ2n) is 5.62. The zero-order valence-corrected chi connectivity index (χ0v) is 12.6. The molecule has 0 saturated heterocycles. The van der Waals surface area contributed by atoms with Crippen LogP contribution in [-0.4, -0.2) is 11.6 Å². The number of nitrogens with one attached hydrogen (secondary N) is 1. The van der Waals surface area contributed by atoms with E-state index in [9.17, 15) is 4.79 Å². The molecule has 0 spiro atoms. The van der Waals surface area contributed by atoms with Crippen LogP contribution in [0.1, 0.15) is 42.5 Å². The topological polar surface area (TPSA) is 41.5 Å². The van der Waals surface area contributed by atoms with E-state index in [1.165, 1.54) is 19.3 Å². The van der Waals surface area contributed by atoms with Gasteiger partial charge in [-0.25, -0.2) is 5.43 Å². The number of carbonyl (C=O) groups excluding carboxylic acids is 1. The van der Waals surface area contributed by atoms with Crippen LogP contribution in [-0.2, 0) is 0 Å². The van der Waals surface area contributed by atoms with Crippen LogP contribution < -0.4 is 5.43 Å². The molecule has 2 aromatic carbocycles. The van der Waals surface area contributed by atoms with Gasteiger partial charge in [-0.2, -0.15) is 5.10 Å². The van der Waals surface area contributed by atoms with Crippen LogP contribution in [0, 0.1) is 0 Å². The smallest absolute Gasteiger partial charge is 0.267 e. The number of carbonyl (C=O) groups is 1. The molecule has 0 aromatic heterocycles. The fourth-order valence-corrected chi connectivity index (χ4v) is 2.71. The van der Waals surface area contributed by atoms with Crippen molar-refractivity contribution in [2.24, 2.45) is 5.10 Å². The molecule has 1 saturated carbocycles. The first-order chi connectivity index (χ1) is 10.8. The molecule has 2 aromatic rings. The maximum Gasteiger partial charge on any atom is 0.271 e. The van der Waals surface area contributed by atoms with Gasteiger partial charge >= 0.3 is 0 Å². The Labute approximate surface area is 131 Å². The summed E-state index contributed by atoms with van der Waals surface area (Å²) in [5.74, 6) is -0.141. The monoisotopic (exact) mass is 292 g/mol. The summed E-state index contributed by atoms with van der Waals surface area (Å²) < 4.78 is 0. The SMILES string of the molecule is O=C(NN=C1CCCCC1)c1ccc(-c2ccccc2)cc1. The molecule has 0 radical (unpaired) electrons. The van der Waals surface area contributed by atoms with E-state index in [4.69, 9.17) is 0 Å². The number of hydrogen-bond donors (Lipinski definition) is 1. The second kappa shape index (κ2) is 7.03. The lowest BCUT2D eigenvalue weighted by atomic mass is 9.99. The van der Waals surface area contributed by atoms with E-state index >= 15 is 0 Å². The lowest BCUT2D eigenvalue weighted by molar-refractivity contribution is 0.0954. The van der Waals surface area contributed by atoms with E-state index in [0.29, 0.717) is 5.56 Å². The van der Waals surface area contributed by atoms with Crippen molar-refractivity contribution in [1.82, 2.24) is 5.43 Å². The molecule has 0 atom stereocenters. The Morgan fingerprint density at radius 3 is 2.14 bits per heavy atom. The zero-order chi connectivity index (χ0) is 15.2. The minimum absolute atomic E-state index is 0.141. The Morgan fingerprint density at radius 2 is 1.45 bits per heavy atom. The average molecular weight is 292 g/mol. The number of benzene rings is 2. The van der Waals surface area contributed by atoms with Crippen LogP contribution in [0.3, 0.4) is 0 Å². The number of nitrogens with zero attached hydrogens (tertiary/aromatic N) is 1. The van der Waals surface area contributed by atoms with Crippen LogP contribution in [0.5, 0.6) is 0 Å². The summed E-state index contributed by atoms with van der Waals surface area (Å²) >= 11 is 0. The molecule has 0 heterocycles. The van der Waals surface area contributed by atoms with E-state index in [1.807, 2.05) is 42.5 Å². The lowest BCUT2D eigenvalue weighted by Crippen LogP contribution is -2.20. The largest absolute Gasteiger partial charge is 0.271 e. The van der Waals surface area contributed by atoms with Gasteiger partial charge in [-0.1, -0.05) is 48.9 Å². The first-order valence-electron chi connectivity index (χ1n) is 7.84. The summed E-state index contributed by atoms with van der Waals surface area (Å²) in [5.41, 5.74) is 6.68. The maximum atomic E-state index is 12.1. The molecule has 0 aliphatic heterocycles. The average Bonchev–Trinajstić information content (AvgIpc) is 2.61. The number of rotatable bonds is 3. The predicted octanol–water partition coefficient (Wildman–Crippen LogP) is 4.40. The van der Waals surface area contributed by atoms with Gasteiger partial charge < -0.3 is 0 Å². The Morgan fingerprint density at radius 1 is 0.818 bits per heavy atom. The van der Waals surface area contributed by atoms with Gasteiger partial charge in [0.05, 0.1) is 0 Å². The third kappa shape index (κ3) is 3.61. The molecule has 22 heavy (non-hydrogen) atoms. The summed E-state index contributed by atoms with van der Waals surface area (Å²) in [6.07, 6.45) is 5.65. The quantitative estimate of drug-likeness (QED) is 0.837. The normalized spacial score (nSPS) is 14.5. The molecular formula is C19H20N2O. The molecule has 112 valence electrons. The Hall–Kier alpha value is -2.42. The molecule has 0 bridgehead atoms. The van der Waals surface area contributed by atoms with E-state index in [0.717, 1.165) is 29.7 Å². The molecular weight excluding hydrogens is 272 g/mol. The first-order valence-corrected chi connectivity index (χ1v) is 7.84. The third-order valence-corrected chi connectivity index (χ3v) is 4.00. The molecule has 0 unspecified atom stereocenters. The predicted molar refractivity (Wildman–Crippen MR) is 89.9 cm³/mol. The van der Waals surface area contributed by atoms with Gasteiger partial charge in [-0.3, -0.25) is 4.79 Å². The van der Waals surface area contributed by atoms with Crippen molar-refractivity contribution in [2.75, 3.05) is 0 Å². The van der Waals surface area contributed by atoms with Crippen molar-refractivity contribution in [2.45, 2.75) is 32.1 Å². The van der Waals surface area contributed by atoms with Crippen LogP contribution >= 0.6 is 0 Å². The van der Waals surface area contributed by atoms with Crippen molar-refractivity contribution < 1.29 is 4.79 Å². The highest BCUT2D eigenvalue weighted by atomic mass is 16.2. The van der Waals surface area contributed by atoms with Crippen LogP contribution in [0.15, 0.2) is 59.7 Å². The molecule has 1 aliphatic rings. The standard InChI is InChI=1S/C19H20N2O/c22-19(21-20-18-9-5-2-6-10-18)17-13-11-16(12-14-17)15-7-3-1-4-8-15/h1,3-4,7-8,11-14H,2,5-6,9-10H2,(H,21,22). The maximum absolute atomic E-state index is 12.1. The molecule has 1 aliphatic carbocycles. The molecule has 3 heteroatoms. The van der Waals surface area contributed by atoms with Gasteiger partial charge in [-0.15, -0.1) is 0 Å². The second-order valence-corrected chi connectivity index (χ2v) is 5.62. The van der Waals surface area contributed by atoms with E-state index in [1.54, 1.807) is 0 Å². The van der Waals surface area contributed by atoms with E-state index < -0.39 is 0 Å². The third-order valence-electron chi connectivity index (χ3n) is 4.00. The number of hydrogen-bond acceptors (Lipinski definition) is 2. The van der Waals surface area contributed by atoms with Crippen molar-refractivity contribution >= 4 is 11.6 Å². The Balaban J connectivity index is 1.66. The molecule has 1 N–H and O–H groups in total. The molecule has 3 nitrogen and oxygen atoms in total. The van der Waals surface area contributed by atoms with Crippen LogP contribution in [0.2, 0.25) is 0 Å². The van der Waals surface area contributed by atoms with Gasteiger partial charge in [0.25, 0.3) is 5.91 Å². The molecule has 1 amide bonds. The van der Waals surface area contributed by atoms with Gasteiger partial charge in [0, 0.05) is 11.3 Å². The van der Waals surface area contributed by atoms with Gasteiger partial charge in [0.15, 0.2) is 0 Å². The van der Waals surface area contributed by atoms with Gasteiger partial charge in [0.2, 0.25) is 0 Å². The van der Waals surface area contributed by atoms with Crippen LogP contribution in [0.4, 0.5) is 0 Å². The Kier molecular flexibility index (Phi) is 4.64. The van der Waals surface area contributed by atoms with Crippen molar-refractivity contribution in [3.8, 4) is 11.1 Å². The summed E-state index contributed by atoms with van der Waals surface area (Å²) in [6.45, 7) is 0. The fourth-order valence-electron chi connectivity index (χ4n) is 2.71. The van der Waals surface area contributed by atoms with Gasteiger partial charge in [0.1, 0.15) is 0 Å². The number of hydrazone groups is 1. The first kappa shape index (κ1) is 14.5. The highest BCUT2D eigenvalue weighted by Crippen LogP contribution is 2.19. The number of amides is 1.